The van der Waals surface area contributed by atoms with E-state index in [9.17, 15) is 14.7 Å². The van der Waals surface area contributed by atoms with Crippen LogP contribution in [0, 0.1) is 0 Å². The Labute approximate surface area is 159 Å². The lowest BCUT2D eigenvalue weighted by molar-refractivity contribution is -0.121. The minimum atomic E-state index is -0.885. The first-order chi connectivity index (χ1) is 12.4. The molecule has 1 aliphatic heterocycles. The lowest BCUT2D eigenvalue weighted by Crippen LogP contribution is -2.31. The zero-order chi connectivity index (χ0) is 19.0. The Bertz CT molecular complexity index is 955. The van der Waals surface area contributed by atoms with Crippen LogP contribution in [-0.4, -0.2) is 31.1 Å². The van der Waals surface area contributed by atoms with E-state index in [1.807, 2.05) is 0 Å². The molecule has 0 unspecified atom stereocenters. The molecule has 2 aromatic carbocycles. The molecular formula is C18H13Cl2NO5. The summed E-state index contributed by atoms with van der Waals surface area (Å²) < 4.78 is 10.4. The van der Waals surface area contributed by atoms with Gasteiger partial charge in [0.1, 0.15) is 0 Å². The van der Waals surface area contributed by atoms with Crippen LogP contribution < -0.4 is 14.4 Å². The van der Waals surface area contributed by atoms with Crippen LogP contribution in [-0.2, 0) is 9.59 Å². The molecule has 0 fully saturated rings. The van der Waals surface area contributed by atoms with Crippen molar-refractivity contribution in [2.45, 2.75) is 0 Å². The Morgan fingerprint density at radius 2 is 1.62 bits per heavy atom. The third kappa shape index (κ3) is 2.87. The molecule has 0 radical (unpaired) electrons. The molecule has 1 heterocycles. The standard InChI is InChI=1S/C18H13Cl2NO5/c1-25-13-6-3-9(7-14(13)26-2)15-16(22)18(24)21(17(15)23)12-8-10(19)4-5-11(12)20/h3-8,22H,1-2H3. The van der Waals surface area contributed by atoms with Crippen LogP contribution in [0.1, 0.15) is 5.56 Å². The Kier molecular flexibility index (Phi) is 4.80. The van der Waals surface area contributed by atoms with Crippen molar-refractivity contribution in [3.63, 3.8) is 0 Å². The van der Waals surface area contributed by atoms with Gasteiger partial charge < -0.3 is 14.6 Å². The first-order valence-electron chi connectivity index (χ1n) is 7.38. The highest BCUT2D eigenvalue weighted by molar-refractivity contribution is 6.47. The first kappa shape index (κ1) is 18.1. The lowest BCUT2D eigenvalue weighted by atomic mass is 10.0. The second kappa shape index (κ2) is 6.90. The third-order valence-electron chi connectivity index (χ3n) is 3.88. The van der Waals surface area contributed by atoms with Crippen LogP contribution in [0.3, 0.4) is 0 Å². The number of imide groups is 1. The van der Waals surface area contributed by atoms with Gasteiger partial charge in [0, 0.05) is 5.02 Å². The predicted octanol–water partition coefficient (Wildman–Crippen LogP) is 3.85. The highest BCUT2D eigenvalue weighted by Gasteiger charge is 2.41. The summed E-state index contributed by atoms with van der Waals surface area (Å²) in [6.45, 7) is 0. The molecule has 2 amide bonds. The number of carbonyl (C=O) groups is 2. The molecule has 134 valence electrons. The van der Waals surface area contributed by atoms with Gasteiger partial charge in [-0.25, -0.2) is 4.90 Å². The van der Waals surface area contributed by atoms with Crippen LogP contribution in [0.25, 0.3) is 5.57 Å². The highest BCUT2D eigenvalue weighted by Crippen LogP contribution is 2.38. The Morgan fingerprint density at radius 1 is 0.923 bits per heavy atom. The molecule has 3 rings (SSSR count). The molecule has 1 N–H and O–H groups in total. The van der Waals surface area contributed by atoms with Crippen molar-refractivity contribution in [1.29, 1.82) is 0 Å². The van der Waals surface area contributed by atoms with Gasteiger partial charge in [-0.3, -0.25) is 9.59 Å². The summed E-state index contributed by atoms with van der Waals surface area (Å²) in [5.74, 6) is -1.49. The van der Waals surface area contributed by atoms with Gasteiger partial charge in [-0.1, -0.05) is 29.3 Å². The van der Waals surface area contributed by atoms with E-state index in [1.165, 1.54) is 38.5 Å². The lowest BCUT2D eigenvalue weighted by Gasteiger charge is -2.16. The number of benzene rings is 2. The molecule has 0 saturated carbocycles. The molecule has 0 spiro atoms. The maximum atomic E-state index is 12.9. The number of rotatable bonds is 4. The first-order valence-corrected chi connectivity index (χ1v) is 8.14. The van der Waals surface area contributed by atoms with Gasteiger partial charge in [-0.15, -0.1) is 0 Å². The second-order valence-electron chi connectivity index (χ2n) is 5.33. The molecule has 0 aromatic heterocycles. The number of anilines is 1. The third-order valence-corrected chi connectivity index (χ3v) is 4.44. The molecular weight excluding hydrogens is 381 g/mol. The number of carbonyl (C=O) groups excluding carboxylic acids is 2. The molecule has 0 atom stereocenters. The van der Waals surface area contributed by atoms with E-state index < -0.39 is 17.6 Å². The molecule has 0 bridgehead atoms. The predicted molar refractivity (Wildman–Crippen MR) is 98.0 cm³/mol. The Balaban J connectivity index is 2.09. The summed E-state index contributed by atoms with van der Waals surface area (Å²) in [5.41, 5.74) is 0.238. The fourth-order valence-corrected chi connectivity index (χ4v) is 3.01. The number of hydrogen-bond acceptors (Lipinski definition) is 5. The van der Waals surface area contributed by atoms with Crippen molar-refractivity contribution in [3.8, 4) is 11.5 Å². The zero-order valence-corrected chi connectivity index (χ0v) is 15.3. The zero-order valence-electron chi connectivity index (χ0n) is 13.7. The van der Waals surface area contributed by atoms with Gasteiger partial charge >= 0.3 is 5.91 Å². The maximum Gasteiger partial charge on any atom is 0.301 e. The van der Waals surface area contributed by atoms with Crippen LogP contribution in [0.15, 0.2) is 42.2 Å². The summed E-state index contributed by atoms with van der Waals surface area (Å²) in [6.07, 6.45) is 0. The summed E-state index contributed by atoms with van der Waals surface area (Å²) in [6, 6.07) is 8.98. The summed E-state index contributed by atoms with van der Waals surface area (Å²) in [4.78, 5) is 26.1. The molecule has 2 aromatic rings. The second-order valence-corrected chi connectivity index (χ2v) is 6.18. The van der Waals surface area contributed by atoms with E-state index in [0.29, 0.717) is 22.1 Å². The van der Waals surface area contributed by atoms with Crippen molar-refractivity contribution >= 4 is 46.3 Å². The van der Waals surface area contributed by atoms with E-state index in [1.54, 1.807) is 12.1 Å². The van der Waals surface area contributed by atoms with Crippen LogP contribution >= 0.6 is 23.2 Å². The summed E-state index contributed by atoms with van der Waals surface area (Å²) >= 11 is 12.0. The SMILES string of the molecule is COc1ccc(C2=C(O)C(=O)N(c3cc(Cl)ccc3Cl)C2=O)cc1OC. The number of aliphatic hydroxyl groups is 1. The smallest absolute Gasteiger partial charge is 0.301 e. The molecule has 0 aliphatic carbocycles. The largest absolute Gasteiger partial charge is 0.502 e. The fraction of sp³-hybridized carbons (Fsp3) is 0.111. The molecule has 26 heavy (non-hydrogen) atoms. The Hall–Kier alpha value is -2.70. The summed E-state index contributed by atoms with van der Waals surface area (Å²) in [7, 11) is 2.91. The van der Waals surface area contributed by atoms with Gasteiger partial charge in [0.15, 0.2) is 17.3 Å². The van der Waals surface area contributed by atoms with Crippen molar-refractivity contribution in [2.75, 3.05) is 19.1 Å². The number of halogens is 2. The van der Waals surface area contributed by atoms with Gasteiger partial charge in [-0.2, -0.15) is 0 Å². The fourth-order valence-electron chi connectivity index (χ4n) is 2.65. The molecule has 6 nitrogen and oxygen atoms in total. The van der Waals surface area contributed by atoms with Crippen molar-refractivity contribution in [1.82, 2.24) is 0 Å². The Morgan fingerprint density at radius 3 is 2.27 bits per heavy atom. The van der Waals surface area contributed by atoms with Crippen LogP contribution in [0.4, 0.5) is 5.69 Å². The van der Waals surface area contributed by atoms with Crippen LogP contribution in [0.2, 0.25) is 10.0 Å². The van der Waals surface area contributed by atoms with E-state index in [-0.39, 0.29) is 16.3 Å². The van der Waals surface area contributed by atoms with Gasteiger partial charge in [0.05, 0.1) is 30.5 Å². The number of methoxy groups -OCH3 is 2. The van der Waals surface area contributed by atoms with Crippen molar-refractivity contribution in [3.05, 3.63) is 57.8 Å². The molecule has 0 saturated heterocycles. The number of ether oxygens (including phenoxy) is 2. The van der Waals surface area contributed by atoms with E-state index >= 15 is 0 Å². The number of aliphatic hydroxyl groups excluding tert-OH is 1. The van der Waals surface area contributed by atoms with Gasteiger partial charge in [0.2, 0.25) is 0 Å². The normalized spacial score (nSPS) is 14.2. The van der Waals surface area contributed by atoms with Gasteiger partial charge in [0.25, 0.3) is 5.91 Å². The van der Waals surface area contributed by atoms with Crippen molar-refractivity contribution in [2.24, 2.45) is 0 Å². The van der Waals surface area contributed by atoms with E-state index in [0.717, 1.165) is 4.90 Å². The van der Waals surface area contributed by atoms with Gasteiger partial charge in [-0.05, 0) is 35.9 Å². The van der Waals surface area contributed by atoms with E-state index in [4.69, 9.17) is 32.7 Å². The van der Waals surface area contributed by atoms with Crippen molar-refractivity contribution < 1.29 is 24.2 Å². The molecule has 8 heteroatoms. The quantitative estimate of drug-likeness (QED) is 0.798. The topological polar surface area (TPSA) is 76.1 Å². The number of nitrogens with zero attached hydrogens (tertiary/aromatic N) is 1. The maximum absolute atomic E-state index is 12.9. The minimum absolute atomic E-state index is 0.0937. The average Bonchev–Trinajstić information content (AvgIpc) is 2.85. The average molecular weight is 394 g/mol. The molecule has 1 aliphatic rings. The highest BCUT2D eigenvalue weighted by atomic mass is 35.5. The monoisotopic (exact) mass is 393 g/mol. The number of hydrogen-bond donors (Lipinski definition) is 1. The van der Waals surface area contributed by atoms with E-state index in [2.05, 4.69) is 0 Å². The number of amides is 2. The minimum Gasteiger partial charge on any atom is -0.502 e. The summed E-state index contributed by atoms with van der Waals surface area (Å²) in [5, 5.41) is 10.7. The van der Waals surface area contributed by atoms with Crippen LogP contribution in [0.5, 0.6) is 11.5 Å².